The molecule has 1 aromatic carbocycles. The number of hydrogen-bond donors (Lipinski definition) is 3. The minimum absolute atomic E-state index is 0. The molecule has 5 N–H and O–H groups in total. The van der Waals surface area contributed by atoms with Crippen molar-refractivity contribution in [3.63, 3.8) is 0 Å². The second-order valence-electron chi connectivity index (χ2n) is 6.52. The van der Waals surface area contributed by atoms with Gasteiger partial charge in [0.1, 0.15) is 11.5 Å². The van der Waals surface area contributed by atoms with Gasteiger partial charge < -0.3 is 26.3 Å². The van der Waals surface area contributed by atoms with Crippen molar-refractivity contribution in [1.29, 1.82) is 0 Å². The lowest BCUT2D eigenvalue weighted by atomic mass is 9.99. The van der Waals surface area contributed by atoms with Gasteiger partial charge in [0.05, 0.1) is 20.0 Å². The van der Waals surface area contributed by atoms with Crippen molar-refractivity contribution < 1.29 is 10.9 Å². The van der Waals surface area contributed by atoms with Gasteiger partial charge in [-0.1, -0.05) is 27.2 Å². The number of nitrogens with one attached hydrogen (secondary N) is 1. The average molecular weight is 350 g/mol. The molecule has 0 saturated heterocycles. The van der Waals surface area contributed by atoms with Gasteiger partial charge in [0, 0.05) is 19.6 Å². The molecule has 5 heteroatoms. The molecule has 1 aliphatic carbocycles. The van der Waals surface area contributed by atoms with Gasteiger partial charge >= 0.3 is 0 Å². The van der Waals surface area contributed by atoms with E-state index in [4.69, 9.17) is 20.9 Å². The van der Waals surface area contributed by atoms with Crippen molar-refractivity contribution in [1.82, 2.24) is 5.32 Å². The first-order valence-electron chi connectivity index (χ1n) is 8.78. The maximum atomic E-state index is 6.06. The SMILES string of the molecule is CCC.COc1ccc(CN/C(N)=C/C(=C\N)C2(C)CC2)c(OC)c1.[HH]. The van der Waals surface area contributed by atoms with E-state index < -0.39 is 0 Å². The van der Waals surface area contributed by atoms with E-state index in [9.17, 15) is 0 Å². The highest BCUT2D eigenvalue weighted by Crippen LogP contribution is 2.51. The summed E-state index contributed by atoms with van der Waals surface area (Å²) in [6.07, 6.45) is 7.14. The van der Waals surface area contributed by atoms with Crippen molar-refractivity contribution in [2.24, 2.45) is 16.9 Å². The highest BCUT2D eigenvalue weighted by molar-refractivity contribution is 5.41. The molecule has 0 aromatic heterocycles. The van der Waals surface area contributed by atoms with Crippen LogP contribution in [0.2, 0.25) is 0 Å². The molecule has 0 atom stereocenters. The molecule has 0 amide bonds. The third-order valence-electron chi connectivity index (χ3n) is 4.16. The van der Waals surface area contributed by atoms with E-state index in [1.165, 1.54) is 6.42 Å². The third-order valence-corrected chi connectivity index (χ3v) is 4.16. The molecule has 0 heterocycles. The van der Waals surface area contributed by atoms with Crippen LogP contribution < -0.4 is 26.3 Å². The fourth-order valence-electron chi connectivity index (χ4n) is 2.31. The second-order valence-corrected chi connectivity index (χ2v) is 6.52. The van der Waals surface area contributed by atoms with Gasteiger partial charge in [0.15, 0.2) is 0 Å². The zero-order valence-electron chi connectivity index (χ0n) is 16.2. The molecule has 1 aromatic rings. The van der Waals surface area contributed by atoms with Gasteiger partial charge in [0.2, 0.25) is 0 Å². The Morgan fingerprint density at radius 1 is 1.28 bits per heavy atom. The molecule has 25 heavy (non-hydrogen) atoms. The molecule has 1 aliphatic rings. The van der Waals surface area contributed by atoms with Gasteiger partial charge in [-0.3, -0.25) is 0 Å². The van der Waals surface area contributed by atoms with E-state index in [-0.39, 0.29) is 6.84 Å². The Labute approximate surface area is 153 Å². The minimum Gasteiger partial charge on any atom is -0.497 e. The van der Waals surface area contributed by atoms with E-state index in [2.05, 4.69) is 26.1 Å². The summed E-state index contributed by atoms with van der Waals surface area (Å²) in [5, 5.41) is 3.20. The second kappa shape index (κ2) is 9.87. The largest absolute Gasteiger partial charge is 0.497 e. The summed E-state index contributed by atoms with van der Waals surface area (Å²) >= 11 is 0. The Balaban J connectivity index is 0.00000146. The maximum Gasteiger partial charge on any atom is 0.127 e. The number of hydrogen-bond acceptors (Lipinski definition) is 5. The lowest BCUT2D eigenvalue weighted by Crippen LogP contribution is -2.21. The minimum atomic E-state index is 0. The maximum absolute atomic E-state index is 6.06. The van der Waals surface area contributed by atoms with Crippen molar-refractivity contribution in [3.8, 4) is 11.5 Å². The van der Waals surface area contributed by atoms with Crippen LogP contribution in [0.15, 0.2) is 41.9 Å². The van der Waals surface area contributed by atoms with Crippen molar-refractivity contribution in [2.75, 3.05) is 14.2 Å². The summed E-state index contributed by atoms with van der Waals surface area (Å²) in [7, 11) is 3.27. The number of allylic oxidation sites excluding steroid dienone is 2. The molecule has 0 spiro atoms. The summed E-state index contributed by atoms with van der Waals surface area (Å²) in [5.74, 6) is 2.13. The number of nitrogens with two attached hydrogens (primary N) is 2. The monoisotopic (exact) mass is 349 g/mol. The molecule has 0 unspecified atom stereocenters. The highest BCUT2D eigenvalue weighted by Gasteiger charge is 2.39. The number of methoxy groups -OCH3 is 2. The third kappa shape index (κ3) is 6.25. The summed E-state index contributed by atoms with van der Waals surface area (Å²) in [6.45, 7) is 7.02. The van der Waals surface area contributed by atoms with Crippen LogP contribution in [0.4, 0.5) is 0 Å². The van der Waals surface area contributed by atoms with Gasteiger partial charge in [-0.2, -0.15) is 0 Å². The normalized spacial score (nSPS) is 15.7. The highest BCUT2D eigenvalue weighted by atomic mass is 16.5. The number of ether oxygens (including phenoxy) is 2. The zero-order chi connectivity index (χ0) is 18.9. The standard InChI is InChI=1S/C17H25N3O2.C3H8.H2/c1-17(6-7-17)13(10-18)8-16(19)20-11-12-4-5-14(21-2)9-15(12)22-3;1-3-2;/h4-5,8-10,20H,6-7,11,18-19H2,1-3H3;3H2,1-2H3;1H/b13-10+,16-8+;;. The first-order chi connectivity index (χ1) is 11.9. The first-order valence-corrected chi connectivity index (χ1v) is 8.78. The summed E-state index contributed by atoms with van der Waals surface area (Å²) in [6, 6.07) is 5.71. The van der Waals surface area contributed by atoms with Crippen LogP contribution in [-0.4, -0.2) is 14.2 Å². The van der Waals surface area contributed by atoms with E-state index in [0.29, 0.717) is 12.4 Å². The summed E-state index contributed by atoms with van der Waals surface area (Å²) in [5.41, 5.74) is 14.1. The lowest BCUT2D eigenvalue weighted by Gasteiger charge is -2.14. The van der Waals surface area contributed by atoms with E-state index in [0.717, 1.165) is 35.5 Å². The Morgan fingerprint density at radius 2 is 1.92 bits per heavy atom. The molecule has 142 valence electrons. The van der Waals surface area contributed by atoms with Crippen LogP contribution in [-0.2, 0) is 6.54 Å². The van der Waals surface area contributed by atoms with E-state index >= 15 is 0 Å². The van der Waals surface area contributed by atoms with Gasteiger partial charge in [-0.15, -0.1) is 0 Å². The molecule has 0 radical (unpaired) electrons. The molecule has 5 nitrogen and oxygen atoms in total. The van der Waals surface area contributed by atoms with Gasteiger partial charge in [0.25, 0.3) is 0 Å². The van der Waals surface area contributed by atoms with Gasteiger partial charge in [-0.25, -0.2) is 0 Å². The topological polar surface area (TPSA) is 82.5 Å². The van der Waals surface area contributed by atoms with Crippen molar-refractivity contribution in [3.05, 3.63) is 47.4 Å². The smallest absolute Gasteiger partial charge is 0.127 e. The summed E-state index contributed by atoms with van der Waals surface area (Å²) < 4.78 is 10.6. The quantitative estimate of drug-likeness (QED) is 0.650. The Hall–Kier alpha value is -2.30. The molecular formula is C20H35N3O2. The van der Waals surface area contributed by atoms with Gasteiger partial charge in [-0.05, 0) is 48.2 Å². The predicted octanol–water partition coefficient (Wildman–Crippen LogP) is 3.90. The first kappa shape index (κ1) is 20.7. The van der Waals surface area contributed by atoms with Crippen LogP contribution in [0.3, 0.4) is 0 Å². The predicted molar refractivity (Wildman–Crippen MR) is 106 cm³/mol. The lowest BCUT2D eigenvalue weighted by molar-refractivity contribution is 0.390. The van der Waals surface area contributed by atoms with Crippen LogP contribution in [0.1, 0.15) is 47.0 Å². The van der Waals surface area contributed by atoms with Crippen LogP contribution in [0, 0.1) is 5.41 Å². The molecular weight excluding hydrogens is 314 g/mol. The number of rotatable bonds is 7. The zero-order valence-corrected chi connectivity index (χ0v) is 16.2. The molecule has 1 saturated carbocycles. The van der Waals surface area contributed by atoms with E-state index in [1.54, 1.807) is 20.4 Å². The Kier molecular flexibility index (Phi) is 8.19. The van der Waals surface area contributed by atoms with Crippen molar-refractivity contribution >= 4 is 0 Å². The number of benzene rings is 1. The molecule has 1 fully saturated rings. The Bertz CT molecular complexity index is 611. The fraction of sp³-hybridized carbons (Fsp3) is 0.500. The van der Waals surface area contributed by atoms with Crippen molar-refractivity contribution in [2.45, 2.75) is 46.6 Å². The average Bonchev–Trinajstić information content (AvgIpc) is 3.36. The molecule has 0 aliphatic heterocycles. The summed E-state index contributed by atoms with van der Waals surface area (Å²) in [4.78, 5) is 0. The Morgan fingerprint density at radius 3 is 2.40 bits per heavy atom. The van der Waals surface area contributed by atoms with E-state index in [1.807, 2.05) is 24.3 Å². The fourth-order valence-corrected chi connectivity index (χ4v) is 2.31. The molecule has 2 rings (SSSR count). The van der Waals surface area contributed by atoms with Crippen LogP contribution in [0.5, 0.6) is 11.5 Å². The van der Waals surface area contributed by atoms with Crippen LogP contribution >= 0.6 is 0 Å². The molecule has 0 bridgehead atoms. The van der Waals surface area contributed by atoms with Crippen LogP contribution in [0.25, 0.3) is 0 Å².